The Labute approximate surface area is 106 Å². The zero-order chi connectivity index (χ0) is 13.2. The molecule has 7 nitrogen and oxygen atoms in total. The van der Waals surface area contributed by atoms with Crippen LogP contribution in [-0.4, -0.2) is 48.1 Å². The number of rotatable bonds is 6. The van der Waals surface area contributed by atoms with E-state index in [-0.39, 0.29) is 5.91 Å². The first-order valence-electron chi connectivity index (χ1n) is 6.40. The van der Waals surface area contributed by atoms with E-state index in [0.717, 1.165) is 6.42 Å². The maximum atomic E-state index is 11.8. The number of carbonyl (C=O) groups excluding carboxylic acids is 1. The fourth-order valence-corrected chi connectivity index (χ4v) is 2.83. The van der Waals surface area contributed by atoms with Gasteiger partial charge in [-0.05, 0) is 31.7 Å². The van der Waals surface area contributed by atoms with Crippen LogP contribution in [0.4, 0.5) is 0 Å². The van der Waals surface area contributed by atoms with Gasteiger partial charge in [-0.3, -0.25) is 9.69 Å². The third-order valence-electron chi connectivity index (χ3n) is 3.89. The van der Waals surface area contributed by atoms with E-state index >= 15 is 0 Å². The third-order valence-corrected chi connectivity index (χ3v) is 3.89. The van der Waals surface area contributed by atoms with Crippen LogP contribution in [0.25, 0.3) is 10.4 Å². The first-order valence-corrected chi connectivity index (χ1v) is 6.40. The first-order chi connectivity index (χ1) is 8.59. The van der Waals surface area contributed by atoms with Gasteiger partial charge in [0.15, 0.2) is 0 Å². The van der Waals surface area contributed by atoms with Crippen LogP contribution in [0.1, 0.15) is 26.2 Å². The molecule has 1 aliphatic heterocycles. The van der Waals surface area contributed by atoms with E-state index in [0.29, 0.717) is 31.7 Å². The molecule has 0 radical (unpaired) electrons. The second-order valence-corrected chi connectivity index (χ2v) is 5.28. The topological polar surface area (TPSA) is 107 Å². The van der Waals surface area contributed by atoms with E-state index in [2.05, 4.69) is 27.2 Å². The van der Waals surface area contributed by atoms with Crippen LogP contribution < -0.4 is 11.1 Å². The van der Waals surface area contributed by atoms with Gasteiger partial charge < -0.3 is 11.1 Å². The molecule has 1 saturated carbocycles. The summed E-state index contributed by atoms with van der Waals surface area (Å²) in [6.45, 7) is 3.63. The van der Waals surface area contributed by atoms with Crippen LogP contribution >= 0.6 is 0 Å². The summed E-state index contributed by atoms with van der Waals surface area (Å²) in [6.07, 6.45) is 3.17. The van der Waals surface area contributed by atoms with Gasteiger partial charge in [0.1, 0.15) is 5.54 Å². The Morgan fingerprint density at radius 2 is 2.39 bits per heavy atom. The Hall–Kier alpha value is -1.30. The highest BCUT2D eigenvalue weighted by atomic mass is 16.1. The van der Waals surface area contributed by atoms with Gasteiger partial charge in [0.25, 0.3) is 0 Å². The number of likely N-dealkylation sites (tertiary alicyclic amines) is 1. The van der Waals surface area contributed by atoms with Gasteiger partial charge in [0.2, 0.25) is 5.91 Å². The number of hydrogen-bond donors (Lipinski definition) is 2. The number of azide groups is 1. The van der Waals surface area contributed by atoms with Crippen LogP contribution in [0, 0.1) is 0 Å². The highest BCUT2D eigenvalue weighted by Gasteiger charge is 2.49. The molecule has 1 saturated heterocycles. The Bertz CT molecular complexity index is 376. The molecule has 100 valence electrons. The van der Waals surface area contributed by atoms with Crippen molar-refractivity contribution in [1.82, 2.24) is 10.2 Å². The quantitative estimate of drug-likeness (QED) is 0.308. The Morgan fingerprint density at radius 1 is 1.67 bits per heavy atom. The lowest BCUT2D eigenvalue weighted by molar-refractivity contribution is -0.124. The number of primary amides is 1. The summed E-state index contributed by atoms with van der Waals surface area (Å²) in [5.74, 6) is -0.307. The minimum Gasteiger partial charge on any atom is -0.368 e. The van der Waals surface area contributed by atoms with Crippen LogP contribution in [0.15, 0.2) is 5.11 Å². The molecule has 18 heavy (non-hydrogen) atoms. The smallest absolute Gasteiger partial charge is 0.239 e. The van der Waals surface area contributed by atoms with Crippen LogP contribution in [-0.2, 0) is 4.79 Å². The van der Waals surface area contributed by atoms with Gasteiger partial charge in [0, 0.05) is 36.6 Å². The zero-order valence-corrected chi connectivity index (χ0v) is 10.7. The first kappa shape index (κ1) is 13.1. The van der Waals surface area contributed by atoms with Gasteiger partial charge in [-0.2, -0.15) is 0 Å². The second kappa shape index (κ2) is 5.14. The van der Waals surface area contributed by atoms with E-state index in [1.54, 1.807) is 0 Å². The van der Waals surface area contributed by atoms with Crippen LogP contribution in [0.2, 0.25) is 0 Å². The van der Waals surface area contributed by atoms with Gasteiger partial charge in [-0.25, -0.2) is 0 Å². The molecule has 1 heterocycles. The molecule has 7 heteroatoms. The van der Waals surface area contributed by atoms with Gasteiger partial charge >= 0.3 is 0 Å². The summed E-state index contributed by atoms with van der Waals surface area (Å²) in [4.78, 5) is 16.8. The standard InChI is InChI=1S/C11H20N6O/c1-8-6-11(10(12)18,14-4-5-15-16-13)7-17(8)9-2-3-9/h8-9,14H,2-7H2,1H3,(H2,12,18). The maximum Gasteiger partial charge on any atom is 0.239 e. The molecule has 2 fully saturated rings. The van der Waals surface area contributed by atoms with Gasteiger partial charge in [-0.1, -0.05) is 5.11 Å². The molecular formula is C11H20N6O. The van der Waals surface area contributed by atoms with E-state index in [1.165, 1.54) is 12.8 Å². The Balaban J connectivity index is 1.99. The fraction of sp³-hybridized carbons (Fsp3) is 0.909. The number of carbonyl (C=O) groups is 1. The molecule has 2 atom stereocenters. The number of nitrogens with two attached hydrogens (primary N) is 1. The van der Waals surface area contributed by atoms with Crippen molar-refractivity contribution in [2.24, 2.45) is 10.8 Å². The van der Waals surface area contributed by atoms with Crippen LogP contribution in [0.3, 0.4) is 0 Å². The van der Waals surface area contributed by atoms with Gasteiger partial charge in [0.05, 0.1) is 0 Å². The molecule has 2 aliphatic rings. The summed E-state index contributed by atoms with van der Waals surface area (Å²) >= 11 is 0. The highest BCUT2D eigenvalue weighted by Crippen LogP contribution is 2.37. The average Bonchev–Trinajstić information content (AvgIpc) is 3.10. The Morgan fingerprint density at radius 3 is 2.94 bits per heavy atom. The van der Waals surface area contributed by atoms with E-state index in [9.17, 15) is 4.79 Å². The van der Waals surface area contributed by atoms with Crippen molar-refractivity contribution in [3.05, 3.63) is 10.4 Å². The number of amides is 1. The lowest BCUT2D eigenvalue weighted by atomic mass is 9.95. The molecule has 2 rings (SSSR count). The molecule has 0 aromatic rings. The molecule has 0 aromatic heterocycles. The number of nitrogens with zero attached hydrogens (tertiary/aromatic N) is 4. The minimum atomic E-state index is -0.660. The third kappa shape index (κ3) is 2.58. The summed E-state index contributed by atoms with van der Waals surface area (Å²) < 4.78 is 0. The normalized spacial score (nSPS) is 32.2. The lowest BCUT2D eigenvalue weighted by Gasteiger charge is -2.27. The molecule has 2 unspecified atom stereocenters. The monoisotopic (exact) mass is 252 g/mol. The van der Waals surface area contributed by atoms with Gasteiger partial charge in [-0.15, -0.1) is 0 Å². The highest BCUT2D eigenvalue weighted by molar-refractivity contribution is 5.85. The van der Waals surface area contributed by atoms with E-state index < -0.39 is 5.54 Å². The number of hydrogen-bond acceptors (Lipinski definition) is 4. The predicted octanol–water partition coefficient (Wildman–Crippen LogP) is 0.367. The summed E-state index contributed by atoms with van der Waals surface area (Å²) in [5.41, 5.74) is 13.1. The largest absolute Gasteiger partial charge is 0.368 e. The number of nitrogens with one attached hydrogen (secondary N) is 1. The SMILES string of the molecule is CC1CC(NCCN=[N+]=[N-])(C(N)=O)CN1C1CC1. The van der Waals surface area contributed by atoms with E-state index in [1.807, 2.05) is 0 Å². The van der Waals surface area contributed by atoms with Crippen molar-refractivity contribution in [2.45, 2.75) is 43.8 Å². The molecule has 1 amide bonds. The summed E-state index contributed by atoms with van der Waals surface area (Å²) in [7, 11) is 0. The zero-order valence-electron chi connectivity index (χ0n) is 10.7. The second-order valence-electron chi connectivity index (χ2n) is 5.28. The molecule has 1 aliphatic carbocycles. The molecule has 0 bridgehead atoms. The summed E-state index contributed by atoms with van der Waals surface area (Å²) in [5, 5.41) is 6.65. The van der Waals surface area contributed by atoms with E-state index in [4.69, 9.17) is 11.3 Å². The van der Waals surface area contributed by atoms with Crippen molar-refractivity contribution < 1.29 is 4.79 Å². The van der Waals surface area contributed by atoms with Crippen molar-refractivity contribution in [1.29, 1.82) is 0 Å². The minimum absolute atomic E-state index is 0.307. The summed E-state index contributed by atoms with van der Waals surface area (Å²) in [6, 6.07) is 0.997. The molecule has 0 aromatic carbocycles. The molecule has 3 N–H and O–H groups in total. The van der Waals surface area contributed by atoms with Crippen molar-refractivity contribution >= 4 is 5.91 Å². The predicted molar refractivity (Wildman–Crippen MR) is 67.7 cm³/mol. The maximum absolute atomic E-state index is 11.8. The Kier molecular flexibility index (Phi) is 3.75. The molecular weight excluding hydrogens is 232 g/mol. The average molecular weight is 252 g/mol. The van der Waals surface area contributed by atoms with Crippen LogP contribution in [0.5, 0.6) is 0 Å². The molecule has 0 spiro atoms. The van der Waals surface area contributed by atoms with Crippen molar-refractivity contribution in [3.8, 4) is 0 Å². The lowest BCUT2D eigenvalue weighted by Crippen LogP contribution is -2.57. The van der Waals surface area contributed by atoms with Crippen molar-refractivity contribution in [3.63, 3.8) is 0 Å². The fourth-order valence-electron chi connectivity index (χ4n) is 2.83. The van der Waals surface area contributed by atoms with Crippen molar-refractivity contribution in [2.75, 3.05) is 19.6 Å².